The molecule has 11 heteroatoms. The number of carbonyl (C=O) groups excluding carboxylic acids is 1. The zero-order chi connectivity index (χ0) is 22.8. The highest BCUT2D eigenvalue weighted by Gasteiger charge is 2.43. The van der Waals surface area contributed by atoms with Gasteiger partial charge < -0.3 is 15.8 Å². The van der Waals surface area contributed by atoms with E-state index in [1.54, 1.807) is 10.8 Å². The van der Waals surface area contributed by atoms with Crippen LogP contribution in [0, 0.1) is 17.5 Å². The predicted octanol–water partition coefficient (Wildman–Crippen LogP) is 3.74. The number of nitrogens with zero attached hydrogens (tertiary/aromatic N) is 4. The molecule has 0 saturated carbocycles. The molecule has 1 atom stereocenters. The second-order valence-corrected chi connectivity index (χ2v) is 8.88. The number of benzene rings is 1. The molecule has 0 spiro atoms. The van der Waals surface area contributed by atoms with Crippen molar-refractivity contribution in [3.8, 4) is 5.95 Å². The zero-order valence-corrected chi connectivity index (χ0v) is 17.8. The average molecular weight is 458 g/mol. The highest BCUT2D eigenvalue weighted by Crippen LogP contribution is 2.42. The predicted molar refractivity (Wildman–Crippen MR) is 115 cm³/mol. The van der Waals surface area contributed by atoms with Crippen LogP contribution in [0.3, 0.4) is 0 Å². The van der Waals surface area contributed by atoms with Crippen LogP contribution in [0.2, 0.25) is 0 Å². The second kappa shape index (κ2) is 7.02. The lowest BCUT2D eigenvalue weighted by atomic mass is 9.82. The summed E-state index contributed by atoms with van der Waals surface area (Å²) in [5.41, 5.74) is 6.81. The van der Waals surface area contributed by atoms with Crippen LogP contribution in [0.15, 0.2) is 22.9 Å². The molecule has 3 N–H and O–H groups in total. The van der Waals surface area contributed by atoms with Gasteiger partial charge in [-0.05, 0) is 12.1 Å². The van der Waals surface area contributed by atoms with Gasteiger partial charge in [0.25, 0.3) is 5.95 Å². The van der Waals surface area contributed by atoms with Crippen molar-refractivity contribution < 1.29 is 18.0 Å². The summed E-state index contributed by atoms with van der Waals surface area (Å²) in [6, 6.07) is 1.11. The first-order valence-corrected chi connectivity index (χ1v) is 10.6. The third-order valence-electron chi connectivity index (χ3n) is 5.85. The Morgan fingerprint density at radius 1 is 1.22 bits per heavy atom. The lowest BCUT2D eigenvalue weighted by Gasteiger charge is -2.23. The van der Waals surface area contributed by atoms with Crippen LogP contribution in [-0.4, -0.2) is 32.1 Å². The smallest absolute Gasteiger partial charge is 0.255 e. The molecule has 0 radical (unpaired) electrons. The Labute approximate surface area is 184 Å². The number of aldehydes is 1. The minimum atomic E-state index is -1.24. The van der Waals surface area contributed by atoms with Gasteiger partial charge in [0.05, 0.1) is 17.3 Å². The summed E-state index contributed by atoms with van der Waals surface area (Å²) in [4.78, 5) is 20.4. The molecule has 0 saturated heterocycles. The topological polar surface area (TPSA) is 98.7 Å². The number of nitrogen functional groups attached to an aromatic ring is 1. The van der Waals surface area contributed by atoms with Crippen LogP contribution in [0.25, 0.3) is 16.9 Å². The quantitative estimate of drug-likeness (QED) is 0.357. The largest absolute Gasteiger partial charge is 0.383 e. The number of halogens is 3. The van der Waals surface area contributed by atoms with Crippen molar-refractivity contribution in [3.05, 3.63) is 57.2 Å². The maximum Gasteiger partial charge on any atom is 0.255 e. The van der Waals surface area contributed by atoms with Gasteiger partial charge in [0.1, 0.15) is 23.7 Å². The summed E-state index contributed by atoms with van der Waals surface area (Å²) in [6.45, 7) is 3.74. The molecule has 32 heavy (non-hydrogen) atoms. The molecule has 0 amide bonds. The van der Waals surface area contributed by atoms with Crippen molar-refractivity contribution in [1.82, 2.24) is 19.7 Å². The minimum absolute atomic E-state index is 0.144. The Hall–Kier alpha value is -3.47. The van der Waals surface area contributed by atoms with Crippen LogP contribution in [0.4, 0.5) is 24.8 Å². The number of rotatable bonds is 4. The number of nitrogens with one attached hydrogen (secondary N) is 1. The molecule has 0 fully saturated rings. The van der Waals surface area contributed by atoms with E-state index in [2.05, 4.69) is 20.4 Å². The number of aromatic nitrogens is 4. The van der Waals surface area contributed by atoms with E-state index < -0.39 is 34.5 Å². The number of fused-ring (bicyclic) bond motifs is 2. The van der Waals surface area contributed by atoms with E-state index in [1.165, 1.54) is 16.0 Å². The highest BCUT2D eigenvalue weighted by atomic mass is 32.1. The normalized spacial score (nSPS) is 16.8. The Bertz CT molecular complexity index is 1400. The molecule has 3 aromatic heterocycles. The van der Waals surface area contributed by atoms with Crippen molar-refractivity contribution >= 4 is 40.2 Å². The van der Waals surface area contributed by atoms with E-state index in [1.807, 2.05) is 13.8 Å². The molecular formula is C21H17F3N6OS. The first kappa shape index (κ1) is 20.4. The number of hydrogen-bond donors (Lipinski definition) is 2. The Morgan fingerprint density at radius 3 is 2.72 bits per heavy atom. The van der Waals surface area contributed by atoms with Gasteiger partial charge in [-0.3, -0.25) is 0 Å². The van der Waals surface area contributed by atoms with Crippen LogP contribution in [0.1, 0.15) is 30.7 Å². The van der Waals surface area contributed by atoms with E-state index in [9.17, 15) is 18.0 Å². The van der Waals surface area contributed by atoms with Gasteiger partial charge in [0, 0.05) is 39.1 Å². The average Bonchev–Trinajstić information content (AvgIpc) is 3.41. The molecule has 7 nitrogen and oxygen atoms in total. The second-order valence-electron chi connectivity index (χ2n) is 8.14. The van der Waals surface area contributed by atoms with Gasteiger partial charge in [-0.25, -0.2) is 13.2 Å². The van der Waals surface area contributed by atoms with Crippen molar-refractivity contribution in [1.29, 1.82) is 0 Å². The number of thiophene rings is 1. The highest BCUT2D eigenvalue weighted by molar-refractivity contribution is 7.09. The molecule has 5 rings (SSSR count). The number of hydrogen-bond acceptors (Lipinski definition) is 7. The van der Waals surface area contributed by atoms with Gasteiger partial charge in [-0.15, -0.1) is 11.3 Å². The molecule has 0 bridgehead atoms. The lowest BCUT2D eigenvalue weighted by Crippen LogP contribution is -2.34. The Morgan fingerprint density at radius 2 is 1.97 bits per heavy atom. The summed E-state index contributed by atoms with van der Waals surface area (Å²) in [5.74, 6) is -2.45. The first-order valence-electron chi connectivity index (χ1n) is 9.68. The van der Waals surface area contributed by atoms with Gasteiger partial charge in [0.2, 0.25) is 0 Å². The fraction of sp³-hybridized carbons (Fsp3) is 0.238. The van der Waals surface area contributed by atoms with Gasteiger partial charge in [-0.2, -0.15) is 19.7 Å². The molecule has 1 aromatic carbocycles. The van der Waals surface area contributed by atoms with E-state index in [-0.39, 0.29) is 18.2 Å². The molecule has 1 unspecified atom stereocenters. The maximum atomic E-state index is 14.2. The van der Waals surface area contributed by atoms with Gasteiger partial charge in [-0.1, -0.05) is 13.8 Å². The molecule has 0 aliphatic carbocycles. The van der Waals surface area contributed by atoms with Crippen molar-refractivity contribution in [2.75, 3.05) is 11.1 Å². The molecule has 1 aliphatic rings. The molecule has 1 aliphatic heterocycles. The standard InChI is InChI=1S/C21H17F3N6OS/c1-21(2)15(6-31)26-19-16(21)18(25)27-20(28-19)30-14-8-32-7-10(14)13(29-30)5-9-11(22)3-4-12(23)17(9)24/h3-4,6-8,15H,5H2,1-2H3,(H3,25,26,27,28). The molecule has 164 valence electrons. The van der Waals surface area contributed by atoms with Crippen LogP contribution in [0.5, 0.6) is 0 Å². The Balaban J connectivity index is 1.63. The minimum Gasteiger partial charge on any atom is -0.383 e. The first-order chi connectivity index (χ1) is 15.2. The summed E-state index contributed by atoms with van der Waals surface area (Å²) < 4.78 is 43.5. The van der Waals surface area contributed by atoms with Crippen LogP contribution < -0.4 is 11.1 Å². The Kier molecular flexibility index (Phi) is 4.48. The summed E-state index contributed by atoms with van der Waals surface area (Å²) in [7, 11) is 0. The fourth-order valence-electron chi connectivity index (χ4n) is 4.07. The summed E-state index contributed by atoms with van der Waals surface area (Å²) >= 11 is 1.37. The third kappa shape index (κ3) is 2.88. The van der Waals surface area contributed by atoms with Crippen molar-refractivity contribution in [2.24, 2.45) is 0 Å². The third-order valence-corrected chi connectivity index (χ3v) is 6.58. The fourth-order valence-corrected chi connectivity index (χ4v) is 4.88. The van der Waals surface area contributed by atoms with E-state index >= 15 is 0 Å². The van der Waals surface area contributed by atoms with Crippen molar-refractivity contribution in [2.45, 2.75) is 31.7 Å². The molecule has 4 aromatic rings. The van der Waals surface area contributed by atoms with Crippen molar-refractivity contribution in [3.63, 3.8) is 0 Å². The SMILES string of the molecule is CC1(C)c2c(N)nc(-n3nc(Cc4c(F)ccc(F)c4F)c4cscc43)nc2NC1C=O. The lowest BCUT2D eigenvalue weighted by molar-refractivity contribution is -0.109. The van der Waals surface area contributed by atoms with E-state index in [4.69, 9.17) is 5.73 Å². The van der Waals surface area contributed by atoms with Gasteiger partial charge in [0.15, 0.2) is 11.6 Å². The number of carbonyl (C=O) groups is 1. The monoisotopic (exact) mass is 458 g/mol. The zero-order valence-electron chi connectivity index (χ0n) is 17.0. The number of anilines is 2. The molecule has 4 heterocycles. The van der Waals surface area contributed by atoms with E-state index in [0.29, 0.717) is 28.0 Å². The summed E-state index contributed by atoms with van der Waals surface area (Å²) in [5, 5.41) is 11.7. The summed E-state index contributed by atoms with van der Waals surface area (Å²) in [6.07, 6.45) is 0.542. The number of nitrogens with two attached hydrogens (primary N) is 1. The van der Waals surface area contributed by atoms with E-state index in [0.717, 1.165) is 18.4 Å². The van der Waals surface area contributed by atoms with Crippen LogP contribution in [-0.2, 0) is 16.6 Å². The molecular weight excluding hydrogens is 441 g/mol. The van der Waals surface area contributed by atoms with Gasteiger partial charge >= 0.3 is 0 Å². The maximum absolute atomic E-state index is 14.2. The van der Waals surface area contributed by atoms with Crippen LogP contribution >= 0.6 is 11.3 Å².